The molecule has 0 aromatic rings. The first-order chi connectivity index (χ1) is 7.85. The van der Waals surface area contributed by atoms with E-state index in [0.29, 0.717) is 6.04 Å². The lowest BCUT2D eigenvalue weighted by atomic mass is 10.0. The van der Waals surface area contributed by atoms with Crippen LogP contribution in [0, 0.1) is 12.3 Å². The molecule has 0 saturated heterocycles. The van der Waals surface area contributed by atoms with Crippen LogP contribution in [0.25, 0.3) is 0 Å². The number of unbranched alkanes of at least 4 members (excludes halogenated alkanes) is 4. The summed E-state index contributed by atoms with van der Waals surface area (Å²) in [5.41, 5.74) is 0. The number of hydrogen-bond donors (Lipinski definition) is 1. The maximum atomic E-state index is 5.27. The molecule has 1 heteroatoms. The molecule has 0 heterocycles. The van der Waals surface area contributed by atoms with Gasteiger partial charge in [-0.1, -0.05) is 52.4 Å². The van der Waals surface area contributed by atoms with Gasteiger partial charge in [0.25, 0.3) is 0 Å². The van der Waals surface area contributed by atoms with E-state index in [4.69, 9.17) is 6.42 Å². The zero-order chi connectivity index (χ0) is 12.1. The second-order valence-electron chi connectivity index (χ2n) is 4.60. The lowest BCUT2D eigenvalue weighted by molar-refractivity contribution is 0.423. The number of rotatable bonds is 11. The molecule has 0 aromatic heterocycles. The second kappa shape index (κ2) is 12.6. The van der Waals surface area contributed by atoms with Gasteiger partial charge in [-0.3, -0.25) is 0 Å². The van der Waals surface area contributed by atoms with Gasteiger partial charge >= 0.3 is 0 Å². The summed E-state index contributed by atoms with van der Waals surface area (Å²) in [6.45, 7) is 5.51. The third-order valence-electron chi connectivity index (χ3n) is 3.01. The van der Waals surface area contributed by atoms with Crippen LogP contribution in [0.4, 0.5) is 0 Å². The lowest BCUT2D eigenvalue weighted by Gasteiger charge is -2.18. The number of hydrogen-bond acceptors (Lipinski definition) is 1. The highest BCUT2D eigenvalue weighted by Gasteiger charge is 2.06. The van der Waals surface area contributed by atoms with E-state index in [9.17, 15) is 0 Å². The molecular weight excluding hydrogens is 194 g/mol. The molecule has 0 radical (unpaired) electrons. The van der Waals surface area contributed by atoms with Crippen molar-refractivity contribution < 1.29 is 0 Å². The molecule has 0 fully saturated rings. The Kier molecular flexibility index (Phi) is 12.2. The monoisotopic (exact) mass is 223 g/mol. The van der Waals surface area contributed by atoms with Gasteiger partial charge in [-0.05, 0) is 12.8 Å². The number of terminal acetylenes is 1. The smallest absolute Gasteiger partial charge is 0.0211 e. The van der Waals surface area contributed by atoms with Gasteiger partial charge in [0.2, 0.25) is 0 Å². The molecule has 0 aliphatic carbocycles. The van der Waals surface area contributed by atoms with Crippen molar-refractivity contribution in [1.82, 2.24) is 5.32 Å². The molecule has 0 bridgehead atoms. The molecule has 0 aromatic carbocycles. The van der Waals surface area contributed by atoms with Gasteiger partial charge in [0.1, 0.15) is 0 Å². The Balaban J connectivity index is 3.63. The minimum Gasteiger partial charge on any atom is -0.313 e. The molecular formula is C15H29N. The van der Waals surface area contributed by atoms with Gasteiger partial charge in [0.05, 0.1) is 0 Å². The SMILES string of the molecule is C#CCCNC(CCCCC)CCCCC. The van der Waals surface area contributed by atoms with Crippen molar-refractivity contribution >= 4 is 0 Å². The van der Waals surface area contributed by atoms with Crippen molar-refractivity contribution in [2.24, 2.45) is 0 Å². The fourth-order valence-corrected chi connectivity index (χ4v) is 1.98. The Hall–Kier alpha value is -0.480. The molecule has 0 amide bonds. The van der Waals surface area contributed by atoms with E-state index in [1.807, 2.05) is 0 Å². The highest BCUT2D eigenvalue weighted by molar-refractivity contribution is 4.84. The predicted molar refractivity (Wildman–Crippen MR) is 73.5 cm³/mol. The summed E-state index contributed by atoms with van der Waals surface area (Å²) in [6.07, 6.45) is 16.8. The third-order valence-corrected chi connectivity index (χ3v) is 3.01. The van der Waals surface area contributed by atoms with Crippen LogP contribution in [0.1, 0.15) is 71.6 Å². The maximum absolute atomic E-state index is 5.27. The predicted octanol–water partition coefficient (Wildman–Crippen LogP) is 4.13. The molecule has 1 N–H and O–H groups in total. The fraction of sp³-hybridized carbons (Fsp3) is 0.867. The van der Waals surface area contributed by atoms with Crippen LogP contribution in [0.15, 0.2) is 0 Å². The molecule has 0 saturated carbocycles. The molecule has 0 spiro atoms. The summed E-state index contributed by atoms with van der Waals surface area (Å²) in [4.78, 5) is 0. The Bertz CT molecular complexity index is 159. The van der Waals surface area contributed by atoms with Crippen LogP contribution in [0.2, 0.25) is 0 Å². The van der Waals surface area contributed by atoms with Crippen molar-refractivity contribution in [1.29, 1.82) is 0 Å². The summed E-state index contributed by atoms with van der Waals surface area (Å²) in [5, 5.41) is 3.60. The third kappa shape index (κ3) is 10.1. The molecule has 0 unspecified atom stereocenters. The Morgan fingerprint density at radius 3 is 2.00 bits per heavy atom. The van der Waals surface area contributed by atoms with Gasteiger partial charge in [-0.25, -0.2) is 0 Å². The average molecular weight is 223 g/mol. The summed E-state index contributed by atoms with van der Waals surface area (Å²) in [6, 6.07) is 0.700. The second-order valence-corrected chi connectivity index (χ2v) is 4.60. The summed E-state index contributed by atoms with van der Waals surface area (Å²) in [5.74, 6) is 2.70. The topological polar surface area (TPSA) is 12.0 Å². The zero-order valence-electron chi connectivity index (χ0n) is 11.2. The highest BCUT2D eigenvalue weighted by Crippen LogP contribution is 2.10. The first-order valence-electron chi connectivity index (χ1n) is 7.02. The van der Waals surface area contributed by atoms with E-state index in [2.05, 4.69) is 25.1 Å². The van der Waals surface area contributed by atoms with Gasteiger partial charge in [0.15, 0.2) is 0 Å². The normalized spacial score (nSPS) is 10.6. The van der Waals surface area contributed by atoms with E-state index in [1.54, 1.807) is 0 Å². The van der Waals surface area contributed by atoms with Crippen molar-refractivity contribution in [2.45, 2.75) is 77.7 Å². The van der Waals surface area contributed by atoms with E-state index in [1.165, 1.54) is 51.4 Å². The Labute approximate surface area is 102 Å². The van der Waals surface area contributed by atoms with E-state index < -0.39 is 0 Å². The first-order valence-corrected chi connectivity index (χ1v) is 7.02. The van der Waals surface area contributed by atoms with Gasteiger partial charge in [0, 0.05) is 19.0 Å². The van der Waals surface area contributed by atoms with Crippen LogP contribution in [-0.4, -0.2) is 12.6 Å². The largest absolute Gasteiger partial charge is 0.313 e. The van der Waals surface area contributed by atoms with Crippen molar-refractivity contribution in [3.63, 3.8) is 0 Å². The minimum absolute atomic E-state index is 0.700. The summed E-state index contributed by atoms with van der Waals surface area (Å²) < 4.78 is 0. The number of nitrogens with one attached hydrogen (secondary N) is 1. The average Bonchev–Trinajstić information content (AvgIpc) is 2.29. The van der Waals surface area contributed by atoms with Crippen LogP contribution in [0.5, 0.6) is 0 Å². The highest BCUT2D eigenvalue weighted by atomic mass is 14.9. The summed E-state index contributed by atoms with van der Waals surface area (Å²) in [7, 11) is 0. The first kappa shape index (κ1) is 15.5. The lowest BCUT2D eigenvalue weighted by Crippen LogP contribution is -2.29. The zero-order valence-corrected chi connectivity index (χ0v) is 11.2. The van der Waals surface area contributed by atoms with Crippen molar-refractivity contribution in [3.05, 3.63) is 0 Å². The molecule has 0 aliphatic heterocycles. The van der Waals surface area contributed by atoms with E-state index >= 15 is 0 Å². The van der Waals surface area contributed by atoms with Crippen LogP contribution < -0.4 is 5.32 Å². The molecule has 0 atom stereocenters. The van der Waals surface area contributed by atoms with Crippen LogP contribution >= 0.6 is 0 Å². The Morgan fingerprint density at radius 1 is 1.00 bits per heavy atom. The maximum Gasteiger partial charge on any atom is 0.0211 e. The van der Waals surface area contributed by atoms with Crippen molar-refractivity contribution in [3.8, 4) is 12.3 Å². The molecule has 1 nitrogen and oxygen atoms in total. The molecule has 94 valence electrons. The molecule has 0 rings (SSSR count). The Morgan fingerprint density at radius 2 is 1.56 bits per heavy atom. The summed E-state index contributed by atoms with van der Waals surface area (Å²) >= 11 is 0. The fourth-order valence-electron chi connectivity index (χ4n) is 1.98. The van der Waals surface area contributed by atoms with Gasteiger partial charge < -0.3 is 5.32 Å². The van der Waals surface area contributed by atoms with Crippen molar-refractivity contribution in [2.75, 3.05) is 6.54 Å². The van der Waals surface area contributed by atoms with Gasteiger partial charge in [-0.2, -0.15) is 0 Å². The van der Waals surface area contributed by atoms with Crippen LogP contribution in [-0.2, 0) is 0 Å². The van der Waals surface area contributed by atoms with Gasteiger partial charge in [-0.15, -0.1) is 12.3 Å². The quantitative estimate of drug-likeness (QED) is 0.410. The van der Waals surface area contributed by atoms with E-state index in [-0.39, 0.29) is 0 Å². The molecule has 0 aliphatic rings. The van der Waals surface area contributed by atoms with E-state index in [0.717, 1.165) is 13.0 Å². The minimum atomic E-state index is 0.700. The molecule has 16 heavy (non-hydrogen) atoms. The standard InChI is InChI=1S/C15H29N/c1-4-7-10-12-15(13-11-8-5-2)16-14-9-6-3/h3,15-16H,4-5,7-14H2,1-2H3. The van der Waals surface area contributed by atoms with Crippen LogP contribution in [0.3, 0.4) is 0 Å².